The second kappa shape index (κ2) is 3.51. The monoisotopic (exact) mass is 123 g/mol. The quantitative estimate of drug-likeness (QED) is 0.470. The van der Waals surface area contributed by atoms with Crippen LogP contribution in [0.15, 0.2) is 12.2 Å². The summed E-state index contributed by atoms with van der Waals surface area (Å²) in [6.07, 6.45) is 3.15. The molecule has 35 valence electrons. The van der Waals surface area contributed by atoms with Crippen LogP contribution < -0.4 is 0 Å². The van der Waals surface area contributed by atoms with E-state index in [1.165, 1.54) is 0 Å². The third-order valence-corrected chi connectivity index (χ3v) is 0.573. The molecule has 0 heterocycles. The van der Waals surface area contributed by atoms with Gasteiger partial charge in [0, 0.05) is 0 Å². The largest absolute Gasteiger partial charge is 0.125 e. The zero-order valence-corrected chi connectivity index (χ0v) is 4.71. The van der Waals surface area contributed by atoms with Crippen LogP contribution >= 0.6 is 23.2 Å². The molecule has 0 saturated heterocycles. The van der Waals surface area contributed by atoms with Gasteiger partial charge in [-0.1, -0.05) is 12.2 Å². The third-order valence-electron chi connectivity index (χ3n) is 0.282. The number of alkyl halides is 2. The molecule has 0 nitrogen and oxygen atoms in total. The van der Waals surface area contributed by atoms with Gasteiger partial charge < -0.3 is 0 Å². The number of hydrogen-bond donors (Lipinski definition) is 0. The molecular weight excluding hydrogens is 119 g/mol. The van der Waals surface area contributed by atoms with Crippen LogP contribution in [0, 0.1) is 6.92 Å². The van der Waals surface area contributed by atoms with Gasteiger partial charge in [-0.15, -0.1) is 23.2 Å². The van der Waals surface area contributed by atoms with E-state index >= 15 is 0 Å². The molecule has 6 heavy (non-hydrogen) atoms. The van der Waals surface area contributed by atoms with Gasteiger partial charge in [0.25, 0.3) is 0 Å². The fraction of sp³-hybridized carbons (Fsp3) is 0.250. The number of allylic oxidation sites excluding steroid dienone is 2. The normalized spacial score (nSPS) is 11.3. The van der Waals surface area contributed by atoms with Crippen molar-refractivity contribution < 1.29 is 0 Å². The average molecular weight is 124 g/mol. The summed E-state index contributed by atoms with van der Waals surface area (Å²) in [5.74, 6) is 0. The summed E-state index contributed by atoms with van der Waals surface area (Å²) >= 11 is 10.4. The highest BCUT2D eigenvalue weighted by atomic mass is 35.5. The maximum Gasteiger partial charge on any atom is 0.125 e. The molecule has 0 aliphatic heterocycles. The Bertz CT molecular complexity index is 47.5. The van der Waals surface area contributed by atoms with Crippen LogP contribution in [0.1, 0.15) is 0 Å². The van der Waals surface area contributed by atoms with Gasteiger partial charge in [0.1, 0.15) is 4.84 Å². The molecular formula is C4H5Cl2. The fourth-order valence-corrected chi connectivity index (χ4v) is 0.309. The van der Waals surface area contributed by atoms with Crippen molar-refractivity contribution in [1.29, 1.82) is 0 Å². The zero-order valence-electron chi connectivity index (χ0n) is 3.20. The maximum absolute atomic E-state index is 5.22. The molecule has 0 unspecified atom stereocenters. The van der Waals surface area contributed by atoms with Crippen LogP contribution in [0.3, 0.4) is 0 Å². The van der Waals surface area contributed by atoms with Gasteiger partial charge >= 0.3 is 0 Å². The van der Waals surface area contributed by atoms with Gasteiger partial charge in [0.05, 0.1) is 0 Å². The van der Waals surface area contributed by atoms with Crippen molar-refractivity contribution in [2.45, 2.75) is 4.84 Å². The summed E-state index contributed by atoms with van der Waals surface area (Å²) in [4.78, 5) is -0.400. The highest BCUT2D eigenvalue weighted by molar-refractivity contribution is 6.45. The molecule has 0 bridgehead atoms. The van der Waals surface area contributed by atoms with E-state index in [0.29, 0.717) is 0 Å². The molecule has 0 fully saturated rings. The molecule has 1 radical (unpaired) electrons. The predicted molar refractivity (Wildman–Crippen MR) is 30.0 cm³/mol. The summed E-state index contributed by atoms with van der Waals surface area (Å²) in [5, 5.41) is 0. The summed E-state index contributed by atoms with van der Waals surface area (Å²) < 4.78 is 0. The lowest BCUT2D eigenvalue weighted by molar-refractivity contribution is 1.60. The van der Waals surface area contributed by atoms with Crippen LogP contribution in [0.4, 0.5) is 0 Å². The molecule has 0 rings (SSSR count). The van der Waals surface area contributed by atoms with Gasteiger partial charge in [0.2, 0.25) is 0 Å². The van der Waals surface area contributed by atoms with E-state index in [1.54, 1.807) is 12.2 Å². The Morgan fingerprint density at radius 1 is 1.50 bits per heavy atom. The van der Waals surface area contributed by atoms with Crippen LogP contribution in [-0.2, 0) is 0 Å². The van der Waals surface area contributed by atoms with Crippen molar-refractivity contribution in [2.24, 2.45) is 0 Å². The second-order valence-electron chi connectivity index (χ2n) is 0.763. The lowest BCUT2D eigenvalue weighted by atomic mass is 10.6. The minimum absolute atomic E-state index is 0.400. The minimum atomic E-state index is -0.400. The average Bonchev–Trinajstić information content (AvgIpc) is 1.35. The van der Waals surface area contributed by atoms with Crippen molar-refractivity contribution in [3.63, 3.8) is 0 Å². The molecule has 0 saturated carbocycles. The van der Waals surface area contributed by atoms with Gasteiger partial charge in [-0.3, -0.25) is 0 Å². The number of rotatable bonds is 1. The molecule has 0 spiro atoms. The first-order valence-electron chi connectivity index (χ1n) is 1.51. The summed E-state index contributed by atoms with van der Waals surface area (Å²) in [5.41, 5.74) is 0. The van der Waals surface area contributed by atoms with Gasteiger partial charge in [-0.25, -0.2) is 0 Å². The maximum atomic E-state index is 5.22. The Kier molecular flexibility index (Phi) is 3.70. The predicted octanol–water partition coefficient (Wildman–Crippen LogP) is 2.18. The van der Waals surface area contributed by atoms with Crippen molar-refractivity contribution in [3.8, 4) is 0 Å². The van der Waals surface area contributed by atoms with E-state index in [0.717, 1.165) is 0 Å². The number of halogens is 2. The highest BCUT2D eigenvalue weighted by Crippen LogP contribution is 2.00. The van der Waals surface area contributed by atoms with Crippen molar-refractivity contribution in [2.75, 3.05) is 0 Å². The lowest BCUT2D eigenvalue weighted by Gasteiger charge is -1.80. The topological polar surface area (TPSA) is 0 Å². The van der Waals surface area contributed by atoms with E-state index in [9.17, 15) is 0 Å². The molecule has 0 atom stereocenters. The molecule has 0 aliphatic carbocycles. The van der Waals surface area contributed by atoms with Crippen molar-refractivity contribution >= 4 is 23.2 Å². The Hall–Kier alpha value is 0.320. The molecule has 0 aromatic rings. The lowest BCUT2D eigenvalue weighted by Crippen LogP contribution is -1.71. The molecule has 0 N–H and O–H groups in total. The molecule has 0 aromatic carbocycles. The van der Waals surface area contributed by atoms with Crippen LogP contribution in [-0.4, -0.2) is 4.84 Å². The minimum Gasteiger partial charge on any atom is -0.101 e. The Morgan fingerprint density at radius 3 is 2.00 bits per heavy atom. The third kappa shape index (κ3) is 4.32. The number of hydrogen-bond acceptors (Lipinski definition) is 0. The van der Waals surface area contributed by atoms with Crippen LogP contribution in [0.2, 0.25) is 0 Å². The first-order chi connectivity index (χ1) is 2.77. The first-order valence-corrected chi connectivity index (χ1v) is 2.38. The smallest absolute Gasteiger partial charge is 0.101 e. The molecule has 0 amide bonds. The Labute approximate surface area is 47.8 Å². The standard InChI is InChI=1S/C4H5Cl2/c1-2-3-4(5)6/h2-4H,1H2. The first kappa shape index (κ1) is 6.32. The highest BCUT2D eigenvalue weighted by Gasteiger charge is 1.83. The van der Waals surface area contributed by atoms with Crippen molar-refractivity contribution in [3.05, 3.63) is 19.1 Å². The van der Waals surface area contributed by atoms with E-state index in [1.807, 2.05) is 0 Å². The molecule has 0 aromatic heterocycles. The summed E-state index contributed by atoms with van der Waals surface area (Å²) in [6, 6.07) is 0. The van der Waals surface area contributed by atoms with E-state index in [4.69, 9.17) is 23.2 Å². The molecule has 0 aliphatic rings. The second-order valence-corrected chi connectivity index (χ2v) is 1.93. The fourth-order valence-electron chi connectivity index (χ4n) is 0.103. The summed E-state index contributed by atoms with van der Waals surface area (Å²) in [7, 11) is 0. The molecule has 2 heteroatoms. The van der Waals surface area contributed by atoms with Gasteiger partial charge in [-0.05, 0) is 6.92 Å². The van der Waals surface area contributed by atoms with Gasteiger partial charge in [0.15, 0.2) is 0 Å². The Balaban J connectivity index is 3.03. The van der Waals surface area contributed by atoms with Crippen LogP contribution in [0.5, 0.6) is 0 Å². The van der Waals surface area contributed by atoms with Crippen LogP contribution in [0.25, 0.3) is 0 Å². The van der Waals surface area contributed by atoms with Gasteiger partial charge in [-0.2, -0.15) is 0 Å². The Morgan fingerprint density at radius 2 is 2.00 bits per heavy atom. The van der Waals surface area contributed by atoms with E-state index < -0.39 is 4.84 Å². The van der Waals surface area contributed by atoms with Crippen molar-refractivity contribution in [1.82, 2.24) is 0 Å². The van der Waals surface area contributed by atoms with E-state index in [2.05, 4.69) is 6.92 Å². The van der Waals surface area contributed by atoms with E-state index in [-0.39, 0.29) is 0 Å². The zero-order chi connectivity index (χ0) is 4.99. The summed E-state index contributed by atoms with van der Waals surface area (Å²) in [6.45, 7) is 3.38. The SMILES string of the molecule is [CH2]C=CC(Cl)Cl.